The Morgan fingerprint density at radius 3 is 2.68 bits per heavy atom. The van der Waals surface area contributed by atoms with Crippen molar-refractivity contribution >= 4 is 11.9 Å². The molecule has 0 unspecified atom stereocenters. The molecule has 0 radical (unpaired) electrons. The van der Waals surface area contributed by atoms with Gasteiger partial charge in [0.1, 0.15) is 12.7 Å². The first-order valence-corrected chi connectivity index (χ1v) is 6.25. The standard InChI is InChI=1S/C11H18N8/c1-4-5-18(8(2)3)10-15-9(12)16-11(17-10)19-7-13-6-14-19/h6-8H,4-5H2,1-3H3,(H2,12,15,16,17). The van der Waals surface area contributed by atoms with E-state index in [4.69, 9.17) is 5.73 Å². The second kappa shape index (κ2) is 5.59. The summed E-state index contributed by atoms with van der Waals surface area (Å²) in [7, 11) is 0. The van der Waals surface area contributed by atoms with Gasteiger partial charge in [0.05, 0.1) is 0 Å². The molecule has 0 aliphatic carbocycles. The summed E-state index contributed by atoms with van der Waals surface area (Å²) in [6, 6.07) is 0.283. The zero-order chi connectivity index (χ0) is 13.8. The van der Waals surface area contributed by atoms with Gasteiger partial charge < -0.3 is 10.6 Å². The van der Waals surface area contributed by atoms with Crippen molar-refractivity contribution in [2.75, 3.05) is 17.2 Å². The second-order valence-electron chi connectivity index (χ2n) is 4.42. The van der Waals surface area contributed by atoms with Crippen LogP contribution in [0, 0.1) is 0 Å². The molecular weight excluding hydrogens is 244 g/mol. The molecule has 2 rings (SSSR count). The van der Waals surface area contributed by atoms with Gasteiger partial charge in [-0.25, -0.2) is 4.98 Å². The molecule has 0 bridgehead atoms. The summed E-state index contributed by atoms with van der Waals surface area (Å²) < 4.78 is 1.46. The summed E-state index contributed by atoms with van der Waals surface area (Å²) in [6.07, 6.45) is 3.95. The molecule has 8 heteroatoms. The van der Waals surface area contributed by atoms with E-state index < -0.39 is 0 Å². The Morgan fingerprint density at radius 2 is 2.11 bits per heavy atom. The van der Waals surface area contributed by atoms with E-state index in [1.165, 1.54) is 17.3 Å². The number of hydrogen-bond donors (Lipinski definition) is 1. The van der Waals surface area contributed by atoms with Crippen molar-refractivity contribution < 1.29 is 0 Å². The minimum Gasteiger partial charge on any atom is -0.368 e. The van der Waals surface area contributed by atoms with Crippen molar-refractivity contribution in [1.82, 2.24) is 29.7 Å². The lowest BCUT2D eigenvalue weighted by molar-refractivity contribution is 0.645. The Labute approximate surface area is 111 Å². The van der Waals surface area contributed by atoms with Crippen LogP contribution in [-0.4, -0.2) is 42.3 Å². The van der Waals surface area contributed by atoms with Crippen LogP contribution >= 0.6 is 0 Å². The van der Waals surface area contributed by atoms with E-state index in [9.17, 15) is 0 Å². The minimum atomic E-state index is 0.178. The minimum absolute atomic E-state index is 0.178. The van der Waals surface area contributed by atoms with Crippen LogP contribution in [0.2, 0.25) is 0 Å². The summed E-state index contributed by atoms with van der Waals surface area (Å²) in [5, 5.41) is 4.00. The lowest BCUT2D eigenvalue weighted by Gasteiger charge is -2.26. The highest BCUT2D eigenvalue weighted by atomic mass is 15.4. The van der Waals surface area contributed by atoms with Crippen molar-refractivity contribution in [3.05, 3.63) is 12.7 Å². The van der Waals surface area contributed by atoms with Gasteiger partial charge in [-0.05, 0) is 20.3 Å². The Morgan fingerprint density at radius 1 is 1.32 bits per heavy atom. The third-order valence-electron chi connectivity index (χ3n) is 2.60. The molecule has 8 nitrogen and oxygen atoms in total. The van der Waals surface area contributed by atoms with Crippen LogP contribution < -0.4 is 10.6 Å². The molecule has 0 aliphatic heterocycles. The number of rotatable bonds is 5. The number of aromatic nitrogens is 6. The SMILES string of the molecule is CCCN(c1nc(N)nc(-n2cncn2)n1)C(C)C. The normalized spacial score (nSPS) is 10.9. The van der Waals surface area contributed by atoms with E-state index in [2.05, 4.69) is 50.7 Å². The van der Waals surface area contributed by atoms with Gasteiger partial charge >= 0.3 is 0 Å². The number of hydrogen-bond acceptors (Lipinski definition) is 7. The molecule has 0 atom stereocenters. The van der Waals surface area contributed by atoms with Gasteiger partial charge in [-0.1, -0.05) is 6.92 Å². The Balaban J connectivity index is 2.40. The van der Waals surface area contributed by atoms with E-state index in [-0.39, 0.29) is 12.0 Å². The van der Waals surface area contributed by atoms with Crippen molar-refractivity contribution in [1.29, 1.82) is 0 Å². The molecule has 0 spiro atoms. The number of nitrogens with two attached hydrogens (primary N) is 1. The highest BCUT2D eigenvalue weighted by Gasteiger charge is 2.15. The van der Waals surface area contributed by atoms with E-state index in [0.717, 1.165) is 13.0 Å². The largest absolute Gasteiger partial charge is 0.368 e. The number of nitrogen functional groups attached to an aromatic ring is 1. The maximum Gasteiger partial charge on any atom is 0.258 e. The summed E-state index contributed by atoms with van der Waals surface area (Å²) in [5.41, 5.74) is 5.75. The molecule has 2 aromatic heterocycles. The van der Waals surface area contributed by atoms with E-state index in [1.807, 2.05) is 0 Å². The first kappa shape index (κ1) is 13.2. The predicted molar refractivity (Wildman–Crippen MR) is 71.9 cm³/mol. The average Bonchev–Trinajstić information content (AvgIpc) is 2.88. The molecule has 0 saturated carbocycles. The third kappa shape index (κ3) is 2.95. The molecule has 2 heterocycles. The highest BCUT2D eigenvalue weighted by Crippen LogP contribution is 2.14. The number of anilines is 2. The Hall–Kier alpha value is -2.25. The fourth-order valence-electron chi connectivity index (χ4n) is 1.74. The van der Waals surface area contributed by atoms with Gasteiger partial charge in [0.15, 0.2) is 0 Å². The highest BCUT2D eigenvalue weighted by molar-refractivity contribution is 5.38. The van der Waals surface area contributed by atoms with Crippen LogP contribution in [0.15, 0.2) is 12.7 Å². The molecule has 0 amide bonds. The molecule has 2 aromatic rings. The van der Waals surface area contributed by atoms with Gasteiger partial charge in [-0.2, -0.15) is 24.7 Å². The van der Waals surface area contributed by atoms with Crippen LogP contribution in [0.5, 0.6) is 0 Å². The molecule has 102 valence electrons. The molecule has 0 aromatic carbocycles. The monoisotopic (exact) mass is 262 g/mol. The van der Waals surface area contributed by atoms with Crippen molar-refractivity contribution in [3.63, 3.8) is 0 Å². The van der Waals surface area contributed by atoms with Crippen LogP contribution in [0.3, 0.4) is 0 Å². The van der Waals surface area contributed by atoms with Crippen LogP contribution in [0.4, 0.5) is 11.9 Å². The Kier molecular flexibility index (Phi) is 3.88. The van der Waals surface area contributed by atoms with Crippen LogP contribution in [-0.2, 0) is 0 Å². The molecule has 0 aliphatic rings. The zero-order valence-electron chi connectivity index (χ0n) is 11.4. The van der Waals surface area contributed by atoms with E-state index >= 15 is 0 Å². The molecule has 19 heavy (non-hydrogen) atoms. The Bertz CT molecular complexity index is 521. The summed E-state index contributed by atoms with van der Waals surface area (Å²) >= 11 is 0. The van der Waals surface area contributed by atoms with Crippen molar-refractivity contribution in [2.45, 2.75) is 33.2 Å². The maximum absolute atomic E-state index is 5.75. The molecule has 0 fully saturated rings. The second-order valence-corrected chi connectivity index (χ2v) is 4.42. The summed E-state index contributed by atoms with van der Waals surface area (Å²) in [6.45, 7) is 7.14. The van der Waals surface area contributed by atoms with Gasteiger partial charge in [0.2, 0.25) is 11.9 Å². The lowest BCUT2D eigenvalue weighted by atomic mass is 10.3. The van der Waals surface area contributed by atoms with Crippen molar-refractivity contribution in [3.8, 4) is 5.95 Å². The maximum atomic E-state index is 5.75. The van der Waals surface area contributed by atoms with E-state index in [1.54, 1.807) is 0 Å². The lowest BCUT2D eigenvalue weighted by Crippen LogP contribution is -2.33. The quantitative estimate of drug-likeness (QED) is 0.844. The van der Waals surface area contributed by atoms with Gasteiger partial charge in [-0.15, -0.1) is 0 Å². The topological polar surface area (TPSA) is 98.6 Å². The summed E-state index contributed by atoms with van der Waals surface area (Å²) in [4.78, 5) is 18.6. The van der Waals surface area contributed by atoms with Crippen LogP contribution in [0.1, 0.15) is 27.2 Å². The first-order valence-electron chi connectivity index (χ1n) is 6.25. The fourth-order valence-corrected chi connectivity index (χ4v) is 1.74. The average molecular weight is 262 g/mol. The van der Waals surface area contributed by atoms with Crippen LogP contribution in [0.25, 0.3) is 5.95 Å². The third-order valence-corrected chi connectivity index (χ3v) is 2.60. The smallest absolute Gasteiger partial charge is 0.258 e. The van der Waals surface area contributed by atoms with Gasteiger partial charge in [-0.3, -0.25) is 0 Å². The summed E-state index contributed by atoms with van der Waals surface area (Å²) in [5.74, 6) is 1.12. The van der Waals surface area contributed by atoms with Gasteiger partial charge in [0.25, 0.3) is 5.95 Å². The van der Waals surface area contributed by atoms with Gasteiger partial charge in [0, 0.05) is 12.6 Å². The first-order chi connectivity index (χ1) is 9.11. The fraction of sp³-hybridized carbons (Fsp3) is 0.545. The zero-order valence-corrected chi connectivity index (χ0v) is 11.4. The molecule has 2 N–H and O–H groups in total. The molecule has 0 saturated heterocycles. The number of nitrogens with zero attached hydrogens (tertiary/aromatic N) is 7. The van der Waals surface area contributed by atoms with E-state index in [0.29, 0.717) is 11.9 Å². The molecular formula is C11H18N8. The predicted octanol–water partition coefficient (Wildman–Crippen LogP) is 0.659. The van der Waals surface area contributed by atoms with Crippen molar-refractivity contribution in [2.24, 2.45) is 0 Å².